The Morgan fingerprint density at radius 3 is 2.46 bits per heavy atom. The predicted octanol–water partition coefficient (Wildman–Crippen LogP) is 2.23. The van der Waals surface area contributed by atoms with E-state index in [4.69, 9.17) is 0 Å². The zero-order valence-corrected chi connectivity index (χ0v) is 8.88. The van der Waals surface area contributed by atoms with Gasteiger partial charge in [-0.15, -0.1) is 0 Å². The van der Waals surface area contributed by atoms with Crippen molar-refractivity contribution in [2.24, 2.45) is 0 Å². The molecule has 0 aromatic carbocycles. The normalized spacial score (nSPS) is 18.4. The summed E-state index contributed by atoms with van der Waals surface area (Å²) in [6.45, 7) is 5.94. The van der Waals surface area contributed by atoms with Gasteiger partial charge in [-0.05, 0) is 26.3 Å². The molecule has 1 aliphatic carbocycles. The number of carbonyl (C=O) groups is 1. The summed E-state index contributed by atoms with van der Waals surface area (Å²) in [4.78, 5) is 13.3. The highest BCUT2D eigenvalue weighted by molar-refractivity contribution is 5.75. The monoisotopic (exact) mass is 183 g/mol. The number of nitrogens with zero attached hydrogens (tertiary/aromatic N) is 1. The molecule has 0 N–H and O–H groups in total. The van der Waals surface area contributed by atoms with Crippen LogP contribution >= 0.6 is 0 Å². The van der Waals surface area contributed by atoms with E-state index in [0.717, 1.165) is 25.6 Å². The summed E-state index contributed by atoms with van der Waals surface area (Å²) in [6, 6.07) is 0.768. The largest absolute Gasteiger partial charge is 0.300 e. The molecule has 0 heterocycles. The van der Waals surface area contributed by atoms with Gasteiger partial charge < -0.3 is 4.90 Å². The van der Waals surface area contributed by atoms with Crippen molar-refractivity contribution in [2.45, 2.75) is 52.0 Å². The van der Waals surface area contributed by atoms with Gasteiger partial charge >= 0.3 is 0 Å². The summed E-state index contributed by atoms with van der Waals surface area (Å²) in [5.41, 5.74) is 0. The molecule has 1 fully saturated rings. The molecule has 13 heavy (non-hydrogen) atoms. The Morgan fingerprint density at radius 2 is 2.00 bits per heavy atom. The van der Waals surface area contributed by atoms with Crippen molar-refractivity contribution in [3.8, 4) is 0 Å². The first kappa shape index (κ1) is 10.7. The van der Waals surface area contributed by atoms with Gasteiger partial charge in [0.1, 0.15) is 5.78 Å². The van der Waals surface area contributed by atoms with Crippen molar-refractivity contribution < 1.29 is 4.79 Å². The SMILES string of the molecule is CCN(CCC(C)=O)C1CCCC1. The zero-order chi connectivity index (χ0) is 9.68. The maximum absolute atomic E-state index is 10.9. The lowest BCUT2D eigenvalue weighted by atomic mass is 10.2. The van der Waals surface area contributed by atoms with E-state index in [2.05, 4.69) is 11.8 Å². The molecule has 0 amide bonds. The average Bonchev–Trinajstić information content (AvgIpc) is 2.58. The number of Topliss-reactive ketones (excluding diaryl/α,β-unsaturated/α-hetero) is 1. The predicted molar refractivity (Wildman–Crippen MR) is 54.8 cm³/mol. The van der Waals surface area contributed by atoms with Crippen LogP contribution in [0.1, 0.15) is 46.0 Å². The van der Waals surface area contributed by atoms with Gasteiger partial charge in [-0.25, -0.2) is 0 Å². The van der Waals surface area contributed by atoms with Crippen LogP contribution in [0, 0.1) is 0 Å². The van der Waals surface area contributed by atoms with Gasteiger partial charge in [-0.3, -0.25) is 4.79 Å². The van der Waals surface area contributed by atoms with Gasteiger partial charge in [0.25, 0.3) is 0 Å². The highest BCUT2D eigenvalue weighted by Crippen LogP contribution is 2.23. The Kier molecular flexibility index (Phi) is 4.43. The van der Waals surface area contributed by atoms with Crippen molar-refractivity contribution in [3.05, 3.63) is 0 Å². The lowest BCUT2D eigenvalue weighted by Crippen LogP contribution is -2.34. The molecular formula is C11H21NO. The summed E-state index contributed by atoms with van der Waals surface area (Å²) >= 11 is 0. The minimum atomic E-state index is 0.316. The van der Waals surface area contributed by atoms with E-state index in [9.17, 15) is 4.79 Å². The van der Waals surface area contributed by atoms with Crippen LogP contribution in [0.2, 0.25) is 0 Å². The molecule has 1 saturated carbocycles. The van der Waals surface area contributed by atoms with Crippen LogP contribution < -0.4 is 0 Å². The van der Waals surface area contributed by atoms with E-state index < -0.39 is 0 Å². The highest BCUT2D eigenvalue weighted by atomic mass is 16.1. The molecule has 0 aromatic rings. The molecule has 76 valence electrons. The molecule has 0 atom stereocenters. The molecular weight excluding hydrogens is 162 g/mol. The van der Waals surface area contributed by atoms with Gasteiger partial charge in [0.2, 0.25) is 0 Å². The molecule has 2 nitrogen and oxygen atoms in total. The molecule has 1 rings (SSSR count). The van der Waals surface area contributed by atoms with E-state index in [0.29, 0.717) is 5.78 Å². The van der Waals surface area contributed by atoms with E-state index in [1.165, 1.54) is 25.7 Å². The Bertz CT molecular complexity index is 161. The molecule has 0 radical (unpaired) electrons. The van der Waals surface area contributed by atoms with Crippen LogP contribution in [-0.4, -0.2) is 29.8 Å². The minimum absolute atomic E-state index is 0.316. The van der Waals surface area contributed by atoms with E-state index in [1.807, 2.05) is 0 Å². The molecule has 1 aliphatic rings. The zero-order valence-electron chi connectivity index (χ0n) is 8.88. The van der Waals surface area contributed by atoms with Crippen LogP contribution in [0.15, 0.2) is 0 Å². The van der Waals surface area contributed by atoms with Gasteiger partial charge in [0.15, 0.2) is 0 Å². The number of rotatable bonds is 5. The van der Waals surface area contributed by atoms with Crippen LogP contribution in [0.3, 0.4) is 0 Å². The fourth-order valence-electron chi connectivity index (χ4n) is 2.17. The number of carbonyl (C=O) groups excluding carboxylic acids is 1. The van der Waals surface area contributed by atoms with Crippen LogP contribution in [0.5, 0.6) is 0 Å². The van der Waals surface area contributed by atoms with Crippen molar-refractivity contribution >= 4 is 5.78 Å². The molecule has 0 aliphatic heterocycles. The maximum atomic E-state index is 10.9. The number of ketones is 1. The third kappa shape index (κ3) is 3.47. The quantitative estimate of drug-likeness (QED) is 0.651. The standard InChI is InChI=1S/C11H21NO/c1-3-12(9-8-10(2)13)11-6-4-5-7-11/h11H,3-9H2,1-2H3. The van der Waals surface area contributed by atoms with Crippen molar-refractivity contribution in [1.82, 2.24) is 4.90 Å². The van der Waals surface area contributed by atoms with Gasteiger partial charge in [-0.1, -0.05) is 19.8 Å². The average molecular weight is 183 g/mol. The van der Waals surface area contributed by atoms with Gasteiger partial charge in [0, 0.05) is 19.0 Å². The highest BCUT2D eigenvalue weighted by Gasteiger charge is 2.20. The maximum Gasteiger partial charge on any atom is 0.131 e. The Labute approximate surface area is 81.3 Å². The third-order valence-corrected chi connectivity index (χ3v) is 3.00. The molecule has 0 aromatic heterocycles. The topological polar surface area (TPSA) is 20.3 Å². The second-order valence-electron chi connectivity index (χ2n) is 4.02. The van der Waals surface area contributed by atoms with Gasteiger partial charge in [-0.2, -0.15) is 0 Å². The summed E-state index contributed by atoms with van der Waals surface area (Å²) in [5, 5.41) is 0. The summed E-state index contributed by atoms with van der Waals surface area (Å²) in [5.74, 6) is 0.316. The smallest absolute Gasteiger partial charge is 0.131 e. The fourth-order valence-corrected chi connectivity index (χ4v) is 2.17. The first-order valence-electron chi connectivity index (χ1n) is 5.47. The van der Waals surface area contributed by atoms with Crippen molar-refractivity contribution in [3.63, 3.8) is 0 Å². The van der Waals surface area contributed by atoms with Crippen LogP contribution in [0.25, 0.3) is 0 Å². The fraction of sp³-hybridized carbons (Fsp3) is 0.909. The summed E-state index contributed by atoms with van der Waals surface area (Å²) < 4.78 is 0. The minimum Gasteiger partial charge on any atom is -0.300 e. The molecule has 0 bridgehead atoms. The second kappa shape index (κ2) is 5.38. The molecule has 2 heteroatoms. The van der Waals surface area contributed by atoms with Gasteiger partial charge in [0.05, 0.1) is 0 Å². The first-order chi connectivity index (χ1) is 6.24. The second-order valence-corrected chi connectivity index (χ2v) is 4.02. The van der Waals surface area contributed by atoms with Crippen LogP contribution in [0.4, 0.5) is 0 Å². The molecule has 0 saturated heterocycles. The first-order valence-corrected chi connectivity index (χ1v) is 5.47. The summed E-state index contributed by atoms with van der Waals surface area (Å²) in [7, 11) is 0. The van der Waals surface area contributed by atoms with Crippen molar-refractivity contribution in [2.75, 3.05) is 13.1 Å². The Hall–Kier alpha value is -0.370. The summed E-state index contributed by atoms with van der Waals surface area (Å²) in [6.07, 6.45) is 6.16. The molecule has 0 unspecified atom stereocenters. The van der Waals surface area contributed by atoms with Crippen LogP contribution in [-0.2, 0) is 4.79 Å². The molecule has 0 spiro atoms. The lowest BCUT2D eigenvalue weighted by molar-refractivity contribution is -0.117. The van der Waals surface area contributed by atoms with E-state index in [-0.39, 0.29) is 0 Å². The number of hydrogen-bond donors (Lipinski definition) is 0. The number of hydrogen-bond acceptors (Lipinski definition) is 2. The lowest BCUT2D eigenvalue weighted by Gasteiger charge is -2.26. The Morgan fingerprint density at radius 1 is 1.38 bits per heavy atom. The third-order valence-electron chi connectivity index (χ3n) is 3.00. The van der Waals surface area contributed by atoms with E-state index in [1.54, 1.807) is 6.92 Å². The van der Waals surface area contributed by atoms with E-state index >= 15 is 0 Å². The Balaban J connectivity index is 2.28. The van der Waals surface area contributed by atoms with Crippen molar-refractivity contribution in [1.29, 1.82) is 0 Å².